The molecule has 1 aromatic heterocycles. The normalized spacial score (nSPS) is 10.2. The number of nitriles is 1. The first kappa shape index (κ1) is 13.0. The SMILES string of the molecule is CCc1nn(C)c(NCc2cccc(C#N)c2)c1N. The van der Waals surface area contributed by atoms with Crippen LogP contribution in [0.25, 0.3) is 0 Å². The van der Waals surface area contributed by atoms with E-state index < -0.39 is 0 Å². The first-order valence-electron chi connectivity index (χ1n) is 6.20. The Morgan fingerprint density at radius 3 is 2.89 bits per heavy atom. The fraction of sp³-hybridized carbons (Fsp3) is 0.286. The standard InChI is InChI=1S/C14H17N5/c1-3-12-13(16)14(19(2)18-12)17-9-11-6-4-5-10(7-11)8-15/h4-7,17H,3,9,16H2,1-2H3. The molecule has 98 valence electrons. The van der Waals surface area contributed by atoms with Crippen molar-refractivity contribution in [1.82, 2.24) is 9.78 Å². The van der Waals surface area contributed by atoms with E-state index in [4.69, 9.17) is 11.0 Å². The third-order valence-corrected chi connectivity index (χ3v) is 3.01. The van der Waals surface area contributed by atoms with Crippen molar-refractivity contribution in [3.05, 3.63) is 41.1 Å². The summed E-state index contributed by atoms with van der Waals surface area (Å²) in [5.41, 5.74) is 9.33. The van der Waals surface area contributed by atoms with Gasteiger partial charge in [-0.05, 0) is 24.1 Å². The molecular formula is C14H17N5. The van der Waals surface area contributed by atoms with Crippen molar-refractivity contribution in [3.63, 3.8) is 0 Å². The van der Waals surface area contributed by atoms with Gasteiger partial charge in [0.1, 0.15) is 5.82 Å². The molecule has 0 aliphatic heterocycles. The number of nitrogens with zero attached hydrogens (tertiary/aromatic N) is 3. The molecule has 0 saturated heterocycles. The van der Waals surface area contributed by atoms with Gasteiger partial charge in [0.15, 0.2) is 0 Å². The van der Waals surface area contributed by atoms with E-state index in [1.165, 1.54) is 0 Å². The molecule has 2 aromatic rings. The quantitative estimate of drug-likeness (QED) is 0.876. The van der Waals surface area contributed by atoms with Crippen molar-refractivity contribution in [2.24, 2.45) is 7.05 Å². The van der Waals surface area contributed by atoms with E-state index in [0.717, 1.165) is 23.5 Å². The summed E-state index contributed by atoms with van der Waals surface area (Å²) in [5.74, 6) is 0.819. The Hall–Kier alpha value is -2.48. The molecule has 0 aliphatic rings. The average molecular weight is 255 g/mol. The Labute approximate surface area is 112 Å². The minimum Gasteiger partial charge on any atom is -0.394 e. The van der Waals surface area contributed by atoms with Gasteiger partial charge in [-0.2, -0.15) is 10.4 Å². The van der Waals surface area contributed by atoms with Crippen LogP contribution in [0.5, 0.6) is 0 Å². The van der Waals surface area contributed by atoms with Gasteiger partial charge >= 0.3 is 0 Å². The molecule has 0 saturated carbocycles. The number of hydrogen-bond acceptors (Lipinski definition) is 4. The lowest BCUT2D eigenvalue weighted by atomic mass is 10.1. The van der Waals surface area contributed by atoms with Gasteiger partial charge in [-0.3, -0.25) is 4.68 Å². The van der Waals surface area contributed by atoms with Crippen molar-refractivity contribution >= 4 is 11.5 Å². The number of nitrogens with two attached hydrogens (primary N) is 1. The van der Waals surface area contributed by atoms with Crippen LogP contribution in [-0.2, 0) is 20.0 Å². The first-order valence-corrected chi connectivity index (χ1v) is 6.20. The van der Waals surface area contributed by atoms with Gasteiger partial charge in [-0.25, -0.2) is 0 Å². The summed E-state index contributed by atoms with van der Waals surface area (Å²) in [6.45, 7) is 2.64. The van der Waals surface area contributed by atoms with E-state index in [0.29, 0.717) is 17.8 Å². The van der Waals surface area contributed by atoms with E-state index in [1.807, 2.05) is 32.2 Å². The maximum atomic E-state index is 8.87. The van der Waals surface area contributed by atoms with Crippen LogP contribution in [0.3, 0.4) is 0 Å². The Balaban J connectivity index is 2.14. The van der Waals surface area contributed by atoms with Crippen LogP contribution in [0.2, 0.25) is 0 Å². The van der Waals surface area contributed by atoms with Crippen LogP contribution in [-0.4, -0.2) is 9.78 Å². The number of rotatable bonds is 4. The summed E-state index contributed by atoms with van der Waals surface area (Å²) in [4.78, 5) is 0. The third kappa shape index (κ3) is 2.68. The molecule has 19 heavy (non-hydrogen) atoms. The van der Waals surface area contributed by atoms with Crippen LogP contribution >= 0.6 is 0 Å². The van der Waals surface area contributed by atoms with Crippen molar-refractivity contribution < 1.29 is 0 Å². The minimum atomic E-state index is 0.613. The van der Waals surface area contributed by atoms with Gasteiger partial charge in [-0.15, -0.1) is 0 Å². The lowest BCUT2D eigenvalue weighted by molar-refractivity contribution is 0.747. The maximum absolute atomic E-state index is 8.87. The van der Waals surface area contributed by atoms with E-state index >= 15 is 0 Å². The van der Waals surface area contributed by atoms with Crippen LogP contribution in [0.4, 0.5) is 11.5 Å². The summed E-state index contributed by atoms with van der Waals surface area (Å²) < 4.78 is 1.75. The molecule has 1 heterocycles. The van der Waals surface area contributed by atoms with Crippen molar-refractivity contribution in [3.8, 4) is 6.07 Å². The number of benzene rings is 1. The molecule has 0 aliphatic carbocycles. The molecular weight excluding hydrogens is 238 g/mol. The zero-order chi connectivity index (χ0) is 13.8. The van der Waals surface area contributed by atoms with Gasteiger partial charge in [0, 0.05) is 13.6 Å². The summed E-state index contributed by atoms with van der Waals surface area (Å²) in [6, 6.07) is 9.63. The number of aryl methyl sites for hydroxylation is 2. The highest BCUT2D eigenvalue weighted by Crippen LogP contribution is 2.22. The Kier molecular flexibility index (Phi) is 3.71. The van der Waals surface area contributed by atoms with Crippen molar-refractivity contribution in [1.29, 1.82) is 5.26 Å². The van der Waals surface area contributed by atoms with E-state index in [9.17, 15) is 0 Å². The summed E-state index contributed by atoms with van der Waals surface area (Å²) in [5, 5.41) is 16.5. The highest BCUT2D eigenvalue weighted by Gasteiger charge is 2.11. The number of aromatic nitrogens is 2. The van der Waals surface area contributed by atoms with E-state index in [1.54, 1.807) is 10.7 Å². The second-order valence-corrected chi connectivity index (χ2v) is 4.35. The number of hydrogen-bond donors (Lipinski definition) is 2. The highest BCUT2D eigenvalue weighted by atomic mass is 15.3. The van der Waals surface area contributed by atoms with Gasteiger partial charge < -0.3 is 11.1 Å². The average Bonchev–Trinajstić information content (AvgIpc) is 2.71. The van der Waals surface area contributed by atoms with Crippen molar-refractivity contribution in [2.75, 3.05) is 11.1 Å². The predicted octanol–water partition coefficient (Wildman–Crippen LogP) is 2.05. The fourth-order valence-electron chi connectivity index (χ4n) is 2.00. The van der Waals surface area contributed by atoms with Gasteiger partial charge in [-0.1, -0.05) is 19.1 Å². The van der Waals surface area contributed by atoms with E-state index in [2.05, 4.69) is 16.5 Å². The molecule has 0 amide bonds. The number of nitrogens with one attached hydrogen (secondary N) is 1. The Bertz CT molecular complexity index is 621. The smallest absolute Gasteiger partial charge is 0.148 e. The molecule has 1 aromatic carbocycles. The predicted molar refractivity (Wildman–Crippen MR) is 75.5 cm³/mol. The third-order valence-electron chi connectivity index (χ3n) is 3.01. The first-order chi connectivity index (χ1) is 9.15. The van der Waals surface area contributed by atoms with Crippen LogP contribution < -0.4 is 11.1 Å². The zero-order valence-electron chi connectivity index (χ0n) is 11.1. The van der Waals surface area contributed by atoms with Crippen LogP contribution in [0.1, 0.15) is 23.7 Å². The Morgan fingerprint density at radius 1 is 1.47 bits per heavy atom. The summed E-state index contributed by atoms with van der Waals surface area (Å²) in [7, 11) is 1.86. The molecule has 2 rings (SSSR count). The number of anilines is 2. The van der Waals surface area contributed by atoms with Gasteiger partial charge in [0.05, 0.1) is 23.0 Å². The van der Waals surface area contributed by atoms with Gasteiger partial charge in [0.25, 0.3) is 0 Å². The largest absolute Gasteiger partial charge is 0.394 e. The molecule has 0 fully saturated rings. The second kappa shape index (κ2) is 5.44. The van der Waals surface area contributed by atoms with Crippen molar-refractivity contribution in [2.45, 2.75) is 19.9 Å². The molecule has 0 atom stereocenters. The number of nitrogen functional groups attached to an aromatic ring is 1. The fourth-order valence-corrected chi connectivity index (χ4v) is 2.00. The van der Waals surface area contributed by atoms with Crippen LogP contribution in [0, 0.1) is 11.3 Å². The van der Waals surface area contributed by atoms with Crippen LogP contribution in [0.15, 0.2) is 24.3 Å². The minimum absolute atomic E-state index is 0.613. The highest BCUT2D eigenvalue weighted by molar-refractivity contribution is 5.65. The van der Waals surface area contributed by atoms with Gasteiger partial charge in [0.2, 0.25) is 0 Å². The molecule has 0 radical (unpaired) electrons. The second-order valence-electron chi connectivity index (χ2n) is 4.35. The monoisotopic (exact) mass is 255 g/mol. The molecule has 3 N–H and O–H groups in total. The Morgan fingerprint density at radius 2 is 2.26 bits per heavy atom. The molecule has 0 bridgehead atoms. The molecule has 0 unspecified atom stereocenters. The van der Waals surface area contributed by atoms with E-state index in [-0.39, 0.29) is 0 Å². The maximum Gasteiger partial charge on any atom is 0.148 e. The summed E-state index contributed by atoms with van der Waals surface area (Å²) >= 11 is 0. The lowest BCUT2D eigenvalue weighted by Crippen LogP contribution is -2.06. The molecule has 0 spiro atoms. The molecule has 5 heteroatoms. The topological polar surface area (TPSA) is 79.7 Å². The molecule has 5 nitrogen and oxygen atoms in total. The summed E-state index contributed by atoms with van der Waals surface area (Å²) in [6.07, 6.45) is 0.811. The zero-order valence-corrected chi connectivity index (χ0v) is 11.1. The lowest BCUT2D eigenvalue weighted by Gasteiger charge is -2.08.